The first kappa shape index (κ1) is 17.2. The van der Waals surface area contributed by atoms with Gasteiger partial charge >= 0.3 is 0 Å². The van der Waals surface area contributed by atoms with E-state index in [0.29, 0.717) is 18.2 Å². The second-order valence-corrected chi connectivity index (χ2v) is 6.59. The Morgan fingerprint density at radius 1 is 1.07 bits per heavy atom. The summed E-state index contributed by atoms with van der Waals surface area (Å²) in [5.41, 5.74) is 5.28. The number of fused-ring (bicyclic) bond motifs is 4. The fraction of sp³-hybridized carbons (Fsp3) is 0.0952. The Labute approximate surface area is 162 Å². The predicted molar refractivity (Wildman–Crippen MR) is 117 cm³/mol. The third-order valence-electron chi connectivity index (χ3n) is 4.34. The van der Waals surface area contributed by atoms with E-state index in [2.05, 4.69) is 28.4 Å². The van der Waals surface area contributed by atoms with Gasteiger partial charge in [0.15, 0.2) is 10.8 Å². The molecule has 0 amide bonds. The van der Waals surface area contributed by atoms with Crippen LogP contribution in [0, 0.1) is 0 Å². The summed E-state index contributed by atoms with van der Waals surface area (Å²) in [6.45, 7) is 8.88. The van der Waals surface area contributed by atoms with Crippen molar-refractivity contribution in [2.24, 2.45) is 0 Å². The van der Waals surface area contributed by atoms with E-state index < -0.39 is 0 Å². The largest absolute Gasteiger partial charge is 0.342 e. The average molecular weight is 373 g/mol. The minimum absolute atomic E-state index is 0.630. The summed E-state index contributed by atoms with van der Waals surface area (Å²) < 4.78 is 0. The first-order valence-corrected chi connectivity index (χ1v) is 9.06. The molecule has 4 rings (SSSR count). The number of H-pyrrole nitrogens is 1. The van der Waals surface area contributed by atoms with Crippen molar-refractivity contribution in [3.63, 3.8) is 0 Å². The monoisotopic (exact) mass is 373 g/mol. The van der Waals surface area contributed by atoms with E-state index in [-0.39, 0.29) is 0 Å². The first-order chi connectivity index (χ1) is 13.2. The Morgan fingerprint density at radius 2 is 1.78 bits per heavy atom. The van der Waals surface area contributed by atoms with Crippen LogP contribution in [0.5, 0.6) is 0 Å². The van der Waals surface area contributed by atoms with Gasteiger partial charge in [-0.05, 0) is 42.5 Å². The molecular formula is C21H19N5S. The van der Waals surface area contributed by atoms with Gasteiger partial charge in [-0.25, -0.2) is 9.97 Å². The summed E-state index contributed by atoms with van der Waals surface area (Å²) in [7, 11) is 0. The van der Waals surface area contributed by atoms with Gasteiger partial charge in [0.1, 0.15) is 5.52 Å². The van der Waals surface area contributed by atoms with Crippen LogP contribution >= 0.6 is 12.2 Å². The minimum atomic E-state index is 0.630. The summed E-state index contributed by atoms with van der Waals surface area (Å²) in [6, 6.07) is 13.9. The maximum Gasteiger partial charge on any atom is 0.173 e. The smallest absolute Gasteiger partial charge is 0.173 e. The maximum atomic E-state index is 5.53. The van der Waals surface area contributed by atoms with Gasteiger partial charge in [0.2, 0.25) is 0 Å². The Balaban J connectivity index is 1.73. The van der Waals surface area contributed by atoms with E-state index in [1.54, 1.807) is 0 Å². The van der Waals surface area contributed by atoms with Crippen LogP contribution in [-0.2, 0) is 0 Å². The normalized spacial score (nSPS) is 11.0. The fourth-order valence-electron chi connectivity index (χ4n) is 3.08. The molecule has 0 bridgehead atoms. The lowest BCUT2D eigenvalue weighted by Crippen LogP contribution is -2.34. The zero-order chi connectivity index (χ0) is 18.8. The molecule has 0 spiro atoms. The molecule has 0 saturated carbocycles. The average Bonchev–Trinajstić information content (AvgIpc) is 3.03. The van der Waals surface area contributed by atoms with Gasteiger partial charge < -0.3 is 15.2 Å². The van der Waals surface area contributed by atoms with Gasteiger partial charge in [0.05, 0.1) is 11.0 Å². The lowest BCUT2D eigenvalue weighted by molar-refractivity contribution is 0.522. The predicted octanol–water partition coefficient (Wildman–Crippen LogP) is 4.64. The van der Waals surface area contributed by atoms with Gasteiger partial charge in [-0.2, -0.15) is 0 Å². The Hall–Kier alpha value is -3.25. The first-order valence-electron chi connectivity index (χ1n) is 8.65. The number of hydrogen-bond acceptors (Lipinski definition) is 3. The van der Waals surface area contributed by atoms with Crippen molar-refractivity contribution in [1.29, 1.82) is 0 Å². The second kappa shape index (κ2) is 7.17. The number of para-hydroxylation sites is 2. The van der Waals surface area contributed by atoms with Crippen LogP contribution in [0.1, 0.15) is 0 Å². The number of nitrogens with one attached hydrogen (secondary N) is 2. The molecule has 0 aliphatic carbocycles. The highest BCUT2D eigenvalue weighted by molar-refractivity contribution is 7.80. The van der Waals surface area contributed by atoms with E-state index in [1.807, 2.05) is 59.5 Å². The van der Waals surface area contributed by atoms with E-state index in [9.17, 15) is 0 Å². The van der Waals surface area contributed by atoms with E-state index in [1.165, 1.54) is 0 Å². The molecule has 0 saturated heterocycles. The molecular weight excluding hydrogens is 354 g/mol. The van der Waals surface area contributed by atoms with Crippen molar-refractivity contribution in [3.05, 3.63) is 67.8 Å². The molecule has 0 aliphatic rings. The van der Waals surface area contributed by atoms with Crippen LogP contribution < -0.4 is 5.32 Å². The number of rotatable bonds is 5. The second-order valence-electron chi connectivity index (χ2n) is 6.21. The Bertz CT molecular complexity index is 1170. The zero-order valence-corrected chi connectivity index (χ0v) is 15.6. The molecule has 0 atom stereocenters. The van der Waals surface area contributed by atoms with Crippen LogP contribution in [0.15, 0.2) is 67.8 Å². The van der Waals surface area contributed by atoms with Crippen LogP contribution in [0.25, 0.3) is 33.1 Å². The number of hydrogen-bond donors (Lipinski definition) is 2. The van der Waals surface area contributed by atoms with Gasteiger partial charge in [-0.1, -0.05) is 24.3 Å². The third-order valence-corrected chi connectivity index (χ3v) is 4.70. The van der Waals surface area contributed by atoms with Crippen LogP contribution in [0.4, 0.5) is 5.69 Å². The molecule has 0 radical (unpaired) electrons. The summed E-state index contributed by atoms with van der Waals surface area (Å²) in [5, 5.41) is 4.93. The van der Waals surface area contributed by atoms with E-state index in [4.69, 9.17) is 17.2 Å². The van der Waals surface area contributed by atoms with E-state index >= 15 is 0 Å². The number of benzene rings is 2. The molecule has 0 fully saturated rings. The topological polar surface area (TPSA) is 56.8 Å². The number of aromatic amines is 1. The van der Waals surface area contributed by atoms with Crippen molar-refractivity contribution in [2.75, 3.05) is 18.4 Å². The Morgan fingerprint density at radius 3 is 2.48 bits per heavy atom. The van der Waals surface area contributed by atoms with Crippen molar-refractivity contribution in [1.82, 2.24) is 19.9 Å². The molecule has 2 aromatic heterocycles. The summed E-state index contributed by atoms with van der Waals surface area (Å²) in [6.07, 6.45) is 3.64. The highest BCUT2D eigenvalue weighted by Crippen LogP contribution is 2.27. The van der Waals surface area contributed by atoms with Crippen molar-refractivity contribution >= 4 is 56.1 Å². The Kier molecular flexibility index (Phi) is 4.56. The van der Waals surface area contributed by atoms with Crippen molar-refractivity contribution in [3.8, 4) is 0 Å². The molecule has 2 N–H and O–H groups in total. The third kappa shape index (κ3) is 3.27. The SMILES string of the molecule is C=CCN(CC=C)C(=S)Nc1ccc2[nH]c3nc4ccccc4nc3c2c1. The highest BCUT2D eigenvalue weighted by Gasteiger charge is 2.11. The number of aromatic nitrogens is 3. The fourth-order valence-corrected chi connectivity index (χ4v) is 3.35. The standard InChI is InChI=1S/C21H19N5S/c1-3-11-26(12-4-2)21(27)22-14-9-10-16-15(13-14)19-20(24-16)25-18-8-6-5-7-17(18)23-19/h3-10,13H,1-2,11-12H2,(H,22,27)(H,24,25). The number of thiocarbonyl (C=S) groups is 1. The van der Waals surface area contributed by atoms with Gasteiger partial charge in [-0.15, -0.1) is 13.2 Å². The number of nitrogens with zero attached hydrogens (tertiary/aromatic N) is 3. The molecule has 5 nitrogen and oxygen atoms in total. The molecule has 27 heavy (non-hydrogen) atoms. The molecule has 4 aromatic rings. The van der Waals surface area contributed by atoms with Gasteiger partial charge in [-0.3, -0.25) is 0 Å². The van der Waals surface area contributed by atoms with Crippen LogP contribution in [-0.4, -0.2) is 38.1 Å². The maximum absolute atomic E-state index is 5.53. The van der Waals surface area contributed by atoms with Gasteiger partial charge in [0, 0.05) is 29.7 Å². The molecule has 2 aromatic carbocycles. The molecule has 6 heteroatoms. The van der Waals surface area contributed by atoms with Crippen molar-refractivity contribution < 1.29 is 0 Å². The van der Waals surface area contributed by atoms with E-state index in [0.717, 1.165) is 38.8 Å². The highest BCUT2D eigenvalue weighted by atomic mass is 32.1. The zero-order valence-electron chi connectivity index (χ0n) is 14.8. The quantitative estimate of drug-likeness (QED) is 0.394. The summed E-state index contributed by atoms with van der Waals surface area (Å²) in [5.74, 6) is 0. The number of anilines is 1. The lowest BCUT2D eigenvalue weighted by atomic mass is 10.2. The van der Waals surface area contributed by atoms with Crippen LogP contribution in [0.3, 0.4) is 0 Å². The van der Waals surface area contributed by atoms with Crippen LogP contribution in [0.2, 0.25) is 0 Å². The molecule has 2 heterocycles. The van der Waals surface area contributed by atoms with Gasteiger partial charge in [0.25, 0.3) is 0 Å². The summed E-state index contributed by atoms with van der Waals surface area (Å²) >= 11 is 5.53. The van der Waals surface area contributed by atoms with Crippen molar-refractivity contribution in [2.45, 2.75) is 0 Å². The summed E-state index contributed by atoms with van der Waals surface area (Å²) in [4.78, 5) is 14.8. The minimum Gasteiger partial charge on any atom is -0.342 e. The molecule has 0 unspecified atom stereocenters. The molecule has 134 valence electrons. The lowest BCUT2D eigenvalue weighted by Gasteiger charge is -2.23. The molecule has 0 aliphatic heterocycles.